The topological polar surface area (TPSA) is 70.9 Å². The molecule has 2 atom stereocenters. The van der Waals surface area contributed by atoms with E-state index in [2.05, 4.69) is 46.4 Å². The van der Waals surface area contributed by atoms with E-state index in [0.29, 0.717) is 18.3 Å². The Balaban J connectivity index is 0.969. The Hall–Kier alpha value is -3.92. The second-order valence-corrected chi connectivity index (χ2v) is 13.0. The van der Waals surface area contributed by atoms with Crippen LogP contribution in [0.3, 0.4) is 0 Å². The second-order valence-electron chi connectivity index (χ2n) is 11.9. The summed E-state index contributed by atoms with van der Waals surface area (Å²) >= 11 is 1.68. The molecular weight excluding hydrogens is 572 g/mol. The summed E-state index contributed by atoms with van der Waals surface area (Å²) in [5.74, 6) is 3.90. The summed E-state index contributed by atoms with van der Waals surface area (Å²) in [6.45, 7) is 8.99. The fraction of sp³-hybridized carbons (Fsp3) is 0.371. The molecule has 9 heteroatoms. The van der Waals surface area contributed by atoms with Crippen LogP contribution in [-0.2, 0) is 22.6 Å². The van der Waals surface area contributed by atoms with Crippen LogP contribution in [0.1, 0.15) is 53.2 Å². The number of methoxy groups -OCH3 is 1. The van der Waals surface area contributed by atoms with Crippen molar-refractivity contribution in [2.75, 3.05) is 33.4 Å². The number of hydrogen-bond acceptors (Lipinski definition) is 8. The minimum absolute atomic E-state index is 0.190. The largest absolute Gasteiger partial charge is 0.497 e. The Kier molecular flexibility index (Phi) is 7.24. The molecule has 0 aliphatic carbocycles. The molecule has 0 spiro atoms. The second kappa shape index (κ2) is 11.5. The predicted molar refractivity (Wildman–Crippen MR) is 172 cm³/mol. The van der Waals surface area contributed by atoms with Gasteiger partial charge in [-0.15, -0.1) is 11.3 Å². The van der Waals surface area contributed by atoms with E-state index < -0.39 is 0 Å². The van der Waals surface area contributed by atoms with Gasteiger partial charge < -0.3 is 23.5 Å². The van der Waals surface area contributed by atoms with E-state index in [1.165, 1.54) is 10.3 Å². The van der Waals surface area contributed by atoms with Gasteiger partial charge in [-0.25, -0.2) is 9.97 Å². The molecule has 44 heavy (non-hydrogen) atoms. The van der Waals surface area contributed by atoms with Crippen LogP contribution in [0.4, 0.5) is 0 Å². The minimum atomic E-state index is -0.190. The predicted octanol–water partition coefficient (Wildman–Crippen LogP) is 6.94. The number of thiazole rings is 1. The Labute approximate surface area is 260 Å². The van der Waals surface area contributed by atoms with Crippen molar-refractivity contribution in [1.82, 2.24) is 19.4 Å². The van der Waals surface area contributed by atoms with Gasteiger partial charge in [0.15, 0.2) is 17.6 Å². The summed E-state index contributed by atoms with van der Waals surface area (Å²) in [7, 11) is 1.66. The number of ether oxygens (including phenoxy) is 4. The zero-order valence-corrected chi connectivity index (χ0v) is 25.7. The molecule has 3 aromatic carbocycles. The third kappa shape index (κ3) is 5.12. The third-order valence-corrected chi connectivity index (χ3v) is 10.3. The van der Waals surface area contributed by atoms with Gasteiger partial charge in [0.1, 0.15) is 23.2 Å². The lowest BCUT2D eigenvalue weighted by Crippen LogP contribution is -2.35. The van der Waals surface area contributed by atoms with Crippen molar-refractivity contribution in [1.29, 1.82) is 0 Å². The molecule has 1 unspecified atom stereocenters. The Bertz CT molecular complexity index is 1800. The molecule has 8 nitrogen and oxygen atoms in total. The maximum absolute atomic E-state index is 6.47. The average Bonchev–Trinajstić information content (AvgIpc) is 3.63. The first kappa shape index (κ1) is 27.6. The molecule has 3 aliphatic heterocycles. The fourth-order valence-electron chi connectivity index (χ4n) is 6.62. The van der Waals surface area contributed by atoms with E-state index in [4.69, 9.17) is 28.9 Å². The molecule has 3 aliphatic rings. The molecule has 0 amide bonds. The van der Waals surface area contributed by atoms with Crippen LogP contribution in [0.2, 0.25) is 0 Å². The summed E-state index contributed by atoms with van der Waals surface area (Å²) in [4.78, 5) is 12.4. The number of imidazole rings is 1. The molecule has 226 valence electrons. The number of aromatic nitrogens is 3. The van der Waals surface area contributed by atoms with Crippen LogP contribution in [-0.4, -0.2) is 59.0 Å². The lowest BCUT2D eigenvalue weighted by molar-refractivity contribution is -0.0592. The van der Waals surface area contributed by atoms with Crippen molar-refractivity contribution in [2.24, 2.45) is 0 Å². The molecule has 0 saturated carbocycles. The minimum Gasteiger partial charge on any atom is -0.497 e. The van der Waals surface area contributed by atoms with Gasteiger partial charge in [0.05, 0.1) is 47.6 Å². The zero-order chi connectivity index (χ0) is 29.6. The molecule has 0 radical (unpaired) electrons. The molecule has 8 rings (SSSR count). The van der Waals surface area contributed by atoms with Gasteiger partial charge in [0.2, 0.25) is 0 Å². The molecule has 0 bridgehead atoms. The Morgan fingerprint density at radius 3 is 2.68 bits per heavy atom. The van der Waals surface area contributed by atoms with Crippen molar-refractivity contribution in [2.45, 2.75) is 50.5 Å². The van der Waals surface area contributed by atoms with Crippen LogP contribution < -0.4 is 9.47 Å². The van der Waals surface area contributed by atoms with Gasteiger partial charge in [-0.3, -0.25) is 4.90 Å². The molecular formula is C35H36N4O4S. The van der Waals surface area contributed by atoms with Gasteiger partial charge >= 0.3 is 0 Å². The van der Waals surface area contributed by atoms with Crippen molar-refractivity contribution in [3.8, 4) is 11.5 Å². The van der Waals surface area contributed by atoms with E-state index >= 15 is 0 Å². The zero-order valence-electron chi connectivity index (χ0n) is 24.9. The number of nitrogens with zero attached hydrogens (tertiary/aromatic N) is 4. The summed E-state index contributed by atoms with van der Waals surface area (Å²) in [6, 6.07) is 20.8. The van der Waals surface area contributed by atoms with E-state index in [9.17, 15) is 0 Å². The monoisotopic (exact) mass is 608 g/mol. The number of hydrogen-bond donors (Lipinski definition) is 0. The maximum Gasteiger partial charge on any atom is 0.184 e. The van der Waals surface area contributed by atoms with E-state index in [0.717, 1.165) is 96.5 Å². The third-order valence-electron chi connectivity index (χ3n) is 9.21. The smallest absolute Gasteiger partial charge is 0.184 e. The van der Waals surface area contributed by atoms with E-state index in [1.54, 1.807) is 18.4 Å². The van der Waals surface area contributed by atoms with E-state index in [1.807, 2.05) is 30.3 Å². The molecule has 5 heterocycles. The number of fused-ring (bicyclic) bond motifs is 3. The fourth-order valence-corrected chi connectivity index (χ4v) is 7.60. The molecule has 5 aromatic rings. The lowest BCUT2D eigenvalue weighted by atomic mass is 9.88. The van der Waals surface area contributed by atoms with Crippen LogP contribution >= 0.6 is 11.3 Å². The van der Waals surface area contributed by atoms with Crippen LogP contribution in [0, 0.1) is 0 Å². The first-order valence-electron chi connectivity index (χ1n) is 15.5. The number of para-hydroxylation sites is 2. The maximum atomic E-state index is 6.47. The number of likely N-dealkylation sites (tertiary alicyclic amines) is 1. The summed E-state index contributed by atoms with van der Waals surface area (Å²) in [5.41, 5.74) is 5.35. The summed E-state index contributed by atoms with van der Waals surface area (Å²) in [6.07, 6.45) is 3.26. The summed E-state index contributed by atoms with van der Waals surface area (Å²) < 4.78 is 27.6. The number of rotatable bonds is 8. The average molecular weight is 609 g/mol. The number of benzene rings is 3. The van der Waals surface area contributed by atoms with Crippen molar-refractivity contribution < 1.29 is 18.9 Å². The quantitative estimate of drug-likeness (QED) is 0.177. The van der Waals surface area contributed by atoms with Crippen LogP contribution in [0.5, 0.6) is 11.5 Å². The van der Waals surface area contributed by atoms with Crippen molar-refractivity contribution in [3.63, 3.8) is 0 Å². The molecule has 0 N–H and O–H groups in total. The first-order valence-corrected chi connectivity index (χ1v) is 16.3. The highest BCUT2D eigenvalue weighted by molar-refractivity contribution is 7.18. The van der Waals surface area contributed by atoms with Gasteiger partial charge in [-0.05, 0) is 74.7 Å². The highest BCUT2D eigenvalue weighted by Crippen LogP contribution is 2.45. The van der Waals surface area contributed by atoms with Crippen molar-refractivity contribution in [3.05, 3.63) is 89.2 Å². The highest BCUT2D eigenvalue weighted by Gasteiger charge is 2.31. The SMILES string of the molecule is C=C(OC)c1ccc2nc(CN3CCC(c4cccc5c4OCC(c4nc6ccccc6s4)O5)CC3)n(C[C@@H]3CCO3)c2c1. The number of piperidine rings is 1. The lowest BCUT2D eigenvalue weighted by Gasteiger charge is -2.34. The normalized spacial score (nSPS) is 20.6. The molecule has 2 fully saturated rings. The van der Waals surface area contributed by atoms with Gasteiger partial charge in [0, 0.05) is 17.7 Å². The van der Waals surface area contributed by atoms with Gasteiger partial charge in [0.25, 0.3) is 0 Å². The summed E-state index contributed by atoms with van der Waals surface area (Å²) in [5, 5.41) is 0.963. The van der Waals surface area contributed by atoms with Crippen LogP contribution in [0.25, 0.3) is 27.0 Å². The van der Waals surface area contributed by atoms with E-state index in [-0.39, 0.29) is 12.2 Å². The first-order chi connectivity index (χ1) is 21.6. The van der Waals surface area contributed by atoms with Crippen LogP contribution in [0.15, 0.2) is 67.2 Å². The Morgan fingerprint density at radius 1 is 1.02 bits per heavy atom. The highest BCUT2D eigenvalue weighted by atomic mass is 32.1. The molecule has 2 saturated heterocycles. The Morgan fingerprint density at radius 2 is 1.89 bits per heavy atom. The standard InChI is InChI=1S/C35H36N4O4S/c1-22(40-2)24-10-11-27-29(18-24)39(19-25-14-17-41-25)33(36-27)20-38-15-12-23(13-16-38)26-6-5-8-30-34(26)42-21-31(43-30)35-37-28-7-3-4-9-32(28)44-35/h3-11,18,23,25,31H,1,12-17,19-21H2,2H3/t25-,31?/m0/s1. The van der Waals surface area contributed by atoms with Gasteiger partial charge in [-0.1, -0.05) is 30.8 Å². The molecule has 2 aromatic heterocycles. The van der Waals surface area contributed by atoms with Crippen molar-refractivity contribution >= 4 is 38.3 Å². The van der Waals surface area contributed by atoms with Gasteiger partial charge in [-0.2, -0.15) is 0 Å².